The molecule has 20 heavy (non-hydrogen) atoms. The molecule has 1 saturated carbocycles. The molecule has 112 valence electrons. The highest BCUT2D eigenvalue weighted by Gasteiger charge is 2.33. The lowest BCUT2D eigenvalue weighted by Gasteiger charge is -2.26. The summed E-state index contributed by atoms with van der Waals surface area (Å²) in [6, 6.07) is 1.18. The maximum Gasteiger partial charge on any atom is 0.0531 e. The third-order valence-corrected chi connectivity index (χ3v) is 4.56. The van der Waals surface area contributed by atoms with Gasteiger partial charge in [0, 0.05) is 25.7 Å². The fourth-order valence-electron chi connectivity index (χ4n) is 3.44. The Morgan fingerprint density at radius 1 is 1.45 bits per heavy atom. The molecule has 1 heterocycles. The summed E-state index contributed by atoms with van der Waals surface area (Å²) in [4.78, 5) is 0. The first-order valence-electron chi connectivity index (χ1n) is 7.99. The van der Waals surface area contributed by atoms with Crippen molar-refractivity contribution in [1.82, 2.24) is 15.8 Å². The van der Waals surface area contributed by atoms with Crippen molar-refractivity contribution >= 4 is 0 Å². The molecule has 0 aromatic carbocycles. The van der Waals surface area contributed by atoms with Gasteiger partial charge in [0.2, 0.25) is 0 Å². The number of hydrogen-bond donors (Lipinski definition) is 3. The van der Waals surface area contributed by atoms with E-state index in [0.29, 0.717) is 12.0 Å². The van der Waals surface area contributed by atoms with Gasteiger partial charge in [-0.1, -0.05) is 11.6 Å². The molecule has 3 N–H and O–H groups in total. The highest BCUT2D eigenvalue weighted by Crippen LogP contribution is 2.36. The molecular weight excluding hydrogens is 250 g/mol. The van der Waals surface area contributed by atoms with Crippen molar-refractivity contribution in [3.8, 4) is 0 Å². The fraction of sp³-hybridized carbons (Fsp3) is 0.750. The van der Waals surface area contributed by atoms with E-state index in [2.05, 4.69) is 35.7 Å². The molecular formula is C16H27N3O. The Bertz CT molecular complexity index is 425. The molecule has 3 rings (SSSR count). The number of aliphatic hydroxyl groups is 1. The first-order chi connectivity index (χ1) is 9.69. The van der Waals surface area contributed by atoms with Crippen LogP contribution in [0.3, 0.4) is 0 Å². The quantitative estimate of drug-likeness (QED) is 0.689. The molecule has 2 atom stereocenters. The van der Waals surface area contributed by atoms with Gasteiger partial charge in [-0.25, -0.2) is 5.43 Å². The number of allylic oxidation sites excluding steroid dienone is 1. The summed E-state index contributed by atoms with van der Waals surface area (Å²) in [5, 5.41) is 14.9. The summed E-state index contributed by atoms with van der Waals surface area (Å²) < 4.78 is 0. The van der Waals surface area contributed by atoms with Gasteiger partial charge in [0.25, 0.3) is 0 Å². The van der Waals surface area contributed by atoms with Gasteiger partial charge in [0.1, 0.15) is 0 Å². The molecule has 4 heteroatoms. The van der Waals surface area contributed by atoms with Crippen LogP contribution < -0.4 is 10.7 Å². The van der Waals surface area contributed by atoms with Crippen molar-refractivity contribution in [2.24, 2.45) is 5.92 Å². The fourth-order valence-corrected chi connectivity index (χ4v) is 3.44. The maximum atomic E-state index is 9.05. The van der Waals surface area contributed by atoms with Crippen LogP contribution in [0.15, 0.2) is 22.9 Å². The van der Waals surface area contributed by atoms with E-state index in [1.807, 2.05) is 0 Å². The van der Waals surface area contributed by atoms with Crippen LogP contribution in [0.5, 0.6) is 0 Å². The number of nitrogens with zero attached hydrogens (tertiary/aromatic N) is 1. The van der Waals surface area contributed by atoms with Crippen molar-refractivity contribution in [1.29, 1.82) is 0 Å². The lowest BCUT2D eigenvalue weighted by molar-refractivity contribution is 0.224. The van der Waals surface area contributed by atoms with E-state index in [1.165, 1.54) is 36.1 Å². The Kier molecular flexibility index (Phi) is 4.15. The second-order valence-corrected chi connectivity index (χ2v) is 6.47. The van der Waals surface area contributed by atoms with E-state index in [-0.39, 0.29) is 6.61 Å². The second kappa shape index (κ2) is 5.88. The lowest BCUT2D eigenvalue weighted by atomic mass is 9.86. The highest BCUT2D eigenvalue weighted by molar-refractivity contribution is 5.44. The summed E-state index contributed by atoms with van der Waals surface area (Å²) in [5.74, 6) is 0.609. The summed E-state index contributed by atoms with van der Waals surface area (Å²) in [5.41, 5.74) is 7.90. The topological polar surface area (TPSA) is 47.5 Å². The number of hydrazine groups is 1. The lowest BCUT2D eigenvalue weighted by Crippen LogP contribution is -2.34. The zero-order chi connectivity index (χ0) is 14.1. The summed E-state index contributed by atoms with van der Waals surface area (Å²) in [6.07, 6.45) is 7.13. The molecule has 3 aliphatic rings. The van der Waals surface area contributed by atoms with Crippen molar-refractivity contribution in [2.75, 3.05) is 19.7 Å². The molecule has 0 radical (unpaired) electrons. The van der Waals surface area contributed by atoms with E-state index >= 15 is 0 Å². The zero-order valence-corrected chi connectivity index (χ0v) is 12.7. The van der Waals surface area contributed by atoms with Crippen molar-refractivity contribution in [3.63, 3.8) is 0 Å². The van der Waals surface area contributed by atoms with Crippen LogP contribution in [0.4, 0.5) is 0 Å². The van der Waals surface area contributed by atoms with Crippen LogP contribution in [-0.2, 0) is 0 Å². The summed E-state index contributed by atoms with van der Waals surface area (Å²) >= 11 is 0. The molecule has 2 unspecified atom stereocenters. The largest absolute Gasteiger partial charge is 0.396 e. The van der Waals surface area contributed by atoms with E-state index < -0.39 is 0 Å². The molecule has 0 aromatic rings. The van der Waals surface area contributed by atoms with Gasteiger partial charge in [0.05, 0.1) is 11.7 Å². The molecule has 2 aliphatic carbocycles. The van der Waals surface area contributed by atoms with E-state index in [4.69, 9.17) is 5.11 Å². The third kappa shape index (κ3) is 2.92. The van der Waals surface area contributed by atoms with Crippen molar-refractivity contribution in [3.05, 3.63) is 22.9 Å². The average Bonchev–Trinajstić information content (AvgIpc) is 3.19. The molecule has 0 amide bonds. The van der Waals surface area contributed by atoms with Gasteiger partial charge in [0.15, 0.2) is 0 Å². The third-order valence-electron chi connectivity index (χ3n) is 4.56. The van der Waals surface area contributed by atoms with Crippen LogP contribution in [0.25, 0.3) is 0 Å². The van der Waals surface area contributed by atoms with Crippen LogP contribution >= 0.6 is 0 Å². The average molecular weight is 277 g/mol. The SMILES string of the molecule is CC1=C2C(=CC(CNC3CC3)C1)N(CCCO)NC2C. The Balaban J connectivity index is 1.71. The highest BCUT2D eigenvalue weighted by atomic mass is 16.3. The number of fused-ring (bicyclic) bond motifs is 1. The van der Waals surface area contributed by atoms with Gasteiger partial charge >= 0.3 is 0 Å². The maximum absolute atomic E-state index is 9.05. The number of hydrogen-bond acceptors (Lipinski definition) is 4. The minimum absolute atomic E-state index is 0.254. The Labute approximate surface area is 121 Å². The van der Waals surface area contributed by atoms with Gasteiger partial charge in [-0.2, -0.15) is 0 Å². The Morgan fingerprint density at radius 3 is 2.95 bits per heavy atom. The monoisotopic (exact) mass is 277 g/mol. The minimum Gasteiger partial charge on any atom is -0.396 e. The van der Waals surface area contributed by atoms with Gasteiger partial charge in [-0.05, 0) is 51.0 Å². The zero-order valence-electron chi connectivity index (χ0n) is 12.7. The van der Waals surface area contributed by atoms with Crippen molar-refractivity contribution in [2.45, 2.75) is 51.6 Å². The Morgan fingerprint density at radius 2 is 2.25 bits per heavy atom. The van der Waals surface area contributed by atoms with E-state index in [0.717, 1.165) is 25.6 Å². The smallest absolute Gasteiger partial charge is 0.0531 e. The van der Waals surface area contributed by atoms with E-state index in [1.54, 1.807) is 0 Å². The molecule has 1 saturated heterocycles. The molecule has 2 fully saturated rings. The molecule has 0 bridgehead atoms. The van der Waals surface area contributed by atoms with Crippen LogP contribution in [0, 0.1) is 5.92 Å². The number of rotatable bonds is 6. The van der Waals surface area contributed by atoms with Crippen LogP contribution in [-0.4, -0.2) is 41.9 Å². The minimum atomic E-state index is 0.254. The van der Waals surface area contributed by atoms with E-state index in [9.17, 15) is 0 Å². The molecule has 0 spiro atoms. The predicted octanol–water partition coefficient (Wildman–Crippen LogP) is 1.55. The number of nitrogens with one attached hydrogen (secondary N) is 2. The first kappa shape index (κ1) is 14.1. The molecule has 4 nitrogen and oxygen atoms in total. The van der Waals surface area contributed by atoms with Gasteiger partial charge in [-0.3, -0.25) is 0 Å². The summed E-state index contributed by atoms with van der Waals surface area (Å²) in [6.45, 7) is 6.74. The first-order valence-corrected chi connectivity index (χ1v) is 7.99. The van der Waals surface area contributed by atoms with Crippen LogP contribution in [0.2, 0.25) is 0 Å². The van der Waals surface area contributed by atoms with Crippen molar-refractivity contribution < 1.29 is 5.11 Å². The van der Waals surface area contributed by atoms with Gasteiger partial charge in [-0.15, -0.1) is 0 Å². The Hall–Kier alpha value is -0.840. The molecule has 1 aliphatic heterocycles. The second-order valence-electron chi connectivity index (χ2n) is 6.47. The summed E-state index contributed by atoms with van der Waals surface area (Å²) in [7, 11) is 0. The molecule has 0 aromatic heterocycles. The predicted molar refractivity (Wildman–Crippen MR) is 80.9 cm³/mol. The van der Waals surface area contributed by atoms with Gasteiger partial charge < -0.3 is 15.4 Å². The number of aliphatic hydroxyl groups excluding tert-OH is 1. The normalized spacial score (nSPS) is 29.8. The standard InChI is InChI=1S/C16H27N3O/c1-11-8-13(10-17-14-4-5-14)9-15-16(11)12(2)18-19(15)6-3-7-20/h9,12-14,17-18,20H,3-8,10H2,1-2H3. The van der Waals surface area contributed by atoms with Crippen LogP contribution in [0.1, 0.15) is 39.5 Å².